The van der Waals surface area contributed by atoms with Gasteiger partial charge in [0.15, 0.2) is 0 Å². The zero-order valence-corrected chi connectivity index (χ0v) is 16.7. The van der Waals surface area contributed by atoms with E-state index in [4.69, 9.17) is 0 Å². The van der Waals surface area contributed by atoms with Crippen molar-refractivity contribution >= 4 is 23.2 Å². The van der Waals surface area contributed by atoms with E-state index in [2.05, 4.69) is 41.5 Å². The Hall–Kier alpha value is -2.04. The topological polar surface area (TPSA) is 61.4 Å². The molecule has 2 amide bonds. The number of piperidine rings is 1. The third-order valence-corrected chi connectivity index (χ3v) is 5.83. The number of hydrogen-bond donors (Lipinski definition) is 2. The van der Waals surface area contributed by atoms with E-state index in [0.29, 0.717) is 13.0 Å². The molecule has 3 rings (SSSR count). The van der Waals surface area contributed by atoms with Gasteiger partial charge >= 0.3 is 0 Å². The second kappa shape index (κ2) is 9.25. The molecule has 1 saturated heterocycles. The van der Waals surface area contributed by atoms with E-state index in [9.17, 15) is 9.59 Å². The average Bonchev–Trinajstić information content (AvgIpc) is 3.48. The Kier molecular flexibility index (Phi) is 6.75. The second-order valence-corrected chi connectivity index (χ2v) is 8.15. The first-order chi connectivity index (χ1) is 13.1. The number of anilines is 2. The number of nitrogens with one attached hydrogen (secondary N) is 2. The number of hydrogen-bond acceptors (Lipinski definition) is 3. The molecule has 0 spiro atoms. The van der Waals surface area contributed by atoms with Crippen LogP contribution in [0.5, 0.6) is 0 Å². The van der Waals surface area contributed by atoms with E-state index in [1.54, 1.807) is 0 Å². The highest BCUT2D eigenvalue weighted by Gasteiger charge is 2.47. The quantitative estimate of drug-likeness (QED) is 0.683. The summed E-state index contributed by atoms with van der Waals surface area (Å²) in [6, 6.07) is 8.09. The van der Waals surface area contributed by atoms with Crippen molar-refractivity contribution in [3.8, 4) is 0 Å². The van der Waals surface area contributed by atoms with E-state index < -0.39 is 0 Å². The van der Waals surface area contributed by atoms with Crippen LogP contribution in [0.15, 0.2) is 24.3 Å². The first-order valence-corrected chi connectivity index (χ1v) is 10.5. The lowest BCUT2D eigenvalue weighted by Gasteiger charge is -2.32. The van der Waals surface area contributed by atoms with Crippen molar-refractivity contribution in [1.82, 2.24) is 5.32 Å². The summed E-state index contributed by atoms with van der Waals surface area (Å²) in [6.45, 7) is 7.37. The molecule has 1 aliphatic carbocycles. The number of unbranched alkanes of at least 4 members (excludes halogenated alkanes) is 2. The number of amides is 2. The molecule has 1 aliphatic heterocycles. The Morgan fingerprint density at radius 1 is 1.04 bits per heavy atom. The van der Waals surface area contributed by atoms with Crippen molar-refractivity contribution in [2.24, 2.45) is 17.8 Å². The van der Waals surface area contributed by atoms with Crippen LogP contribution < -0.4 is 15.5 Å². The highest BCUT2D eigenvalue weighted by atomic mass is 16.2. The minimum absolute atomic E-state index is 0.0286. The lowest BCUT2D eigenvalue weighted by atomic mass is 9.99. The van der Waals surface area contributed by atoms with Crippen molar-refractivity contribution in [3.63, 3.8) is 0 Å². The Morgan fingerprint density at radius 2 is 1.70 bits per heavy atom. The van der Waals surface area contributed by atoms with Gasteiger partial charge < -0.3 is 15.5 Å². The number of carbonyl (C=O) groups excluding carboxylic acids is 2. The molecule has 27 heavy (non-hydrogen) atoms. The number of carbonyl (C=O) groups is 2. The lowest BCUT2D eigenvalue weighted by Crippen LogP contribution is -2.32. The van der Waals surface area contributed by atoms with E-state index in [-0.39, 0.29) is 23.7 Å². The fourth-order valence-electron chi connectivity index (χ4n) is 3.75. The fraction of sp³-hybridized carbons (Fsp3) is 0.636. The third kappa shape index (κ3) is 5.47. The minimum Gasteiger partial charge on any atom is -0.372 e. The molecule has 148 valence electrons. The van der Waals surface area contributed by atoms with Gasteiger partial charge in [-0.25, -0.2) is 0 Å². The summed E-state index contributed by atoms with van der Waals surface area (Å²) >= 11 is 0. The van der Waals surface area contributed by atoms with Gasteiger partial charge in [0.2, 0.25) is 11.8 Å². The number of nitrogens with zero attached hydrogens (tertiary/aromatic N) is 1. The summed E-state index contributed by atoms with van der Waals surface area (Å²) in [5, 5.41) is 5.92. The highest BCUT2D eigenvalue weighted by Crippen LogP contribution is 2.39. The van der Waals surface area contributed by atoms with Crippen LogP contribution in [0, 0.1) is 17.8 Å². The normalized spacial score (nSPS) is 22.4. The number of benzene rings is 1. The molecule has 0 aromatic heterocycles. The molecule has 1 aromatic rings. The monoisotopic (exact) mass is 371 g/mol. The predicted molar refractivity (Wildman–Crippen MR) is 110 cm³/mol. The van der Waals surface area contributed by atoms with Crippen molar-refractivity contribution in [3.05, 3.63) is 24.3 Å². The molecule has 2 atom stereocenters. The Balaban J connectivity index is 1.43. The Bertz CT molecular complexity index is 635. The molecule has 2 unspecified atom stereocenters. The van der Waals surface area contributed by atoms with Gasteiger partial charge in [-0.3, -0.25) is 9.59 Å². The maximum absolute atomic E-state index is 12.4. The van der Waals surface area contributed by atoms with Gasteiger partial charge in [0.05, 0.1) is 11.8 Å². The van der Waals surface area contributed by atoms with E-state index >= 15 is 0 Å². The van der Waals surface area contributed by atoms with Crippen molar-refractivity contribution < 1.29 is 9.59 Å². The van der Waals surface area contributed by atoms with Crippen molar-refractivity contribution in [2.75, 3.05) is 29.9 Å². The SMILES string of the molecule is CCCCCNC(=O)C1CC1C(=O)Nc1ccc(N2CCC(C)CC2)cc1. The van der Waals surface area contributed by atoms with E-state index in [1.165, 1.54) is 18.5 Å². The zero-order chi connectivity index (χ0) is 19.2. The van der Waals surface area contributed by atoms with Gasteiger partial charge in [0.25, 0.3) is 0 Å². The molecule has 2 N–H and O–H groups in total. The summed E-state index contributed by atoms with van der Waals surface area (Å²) in [7, 11) is 0. The Labute approximate surface area is 162 Å². The molecule has 2 aliphatic rings. The van der Waals surface area contributed by atoms with E-state index in [1.807, 2.05) is 12.1 Å². The average molecular weight is 372 g/mol. The molecule has 5 heteroatoms. The summed E-state index contributed by atoms with van der Waals surface area (Å²) < 4.78 is 0. The van der Waals surface area contributed by atoms with Crippen LogP contribution in [0.25, 0.3) is 0 Å². The van der Waals surface area contributed by atoms with Crippen LogP contribution in [-0.2, 0) is 9.59 Å². The smallest absolute Gasteiger partial charge is 0.228 e. The maximum atomic E-state index is 12.4. The summed E-state index contributed by atoms with van der Waals surface area (Å²) in [5.41, 5.74) is 2.03. The lowest BCUT2D eigenvalue weighted by molar-refractivity contribution is -0.125. The third-order valence-electron chi connectivity index (χ3n) is 5.83. The Morgan fingerprint density at radius 3 is 2.37 bits per heavy atom. The van der Waals surface area contributed by atoms with Gasteiger partial charge in [-0.2, -0.15) is 0 Å². The largest absolute Gasteiger partial charge is 0.372 e. The van der Waals surface area contributed by atoms with Crippen LogP contribution in [0.2, 0.25) is 0 Å². The molecule has 0 bridgehead atoms. The van der Waals surface area contributed by atoms with Crippen LogP contribution >= 0.6 is 0 Å². The van der Waals surface area contributed by atoms with Gasteiger partial charge in [0.1, 0.15) is 0 Å². The molecular formula is C22H33N3O2. The maximum Gasteiger partial charge on any atom is 0.228 e. The molecular weight excluding hydrogens is 338 g/mol. The molecule has 1 aromatic carbocycles. The summed E-state index contributed by atoms with van der Waals surface area (Å²) in [4.78, 5) is 26.9. The minimum atomic E-state index is -0.181. The van der Waals surface area contributed by atoms with Gasteiger partial charge in [0, 0.05) is 31.0 Å². The first kappa shape index (κ1) is 19.7. The van der Waals surface area contributed by atoms with Gasteiger partial charge in [-0.15, -0.1) is 0 Å². The van der Waals surface area contributed by atoms with Gasteiger partial charge in [-0.1, -0.05) is 26.7 Å². The standard InChI is InChI=1S/C22H33N3O2/c1-3-4-5-12-23-21(26)19-15-20(19)22(27)24-17-6-8-18(9-7-17)25-13-10-16(2)11-14-25/h6-9,16,19-20H,3-5,10-15H2,1-2H3,(H,23,26)(H,24,27). The fourth-order valence-corrected chi connectivity index (χ4v) is 3.75. The molecule has 2 fully saturated rings. The van der Waals surface area contributed by atoms with Crippen LogP contribution in [-0.4, -0.2) is 31.4 Å². The highest BCUT2D eigenvalue weighted by molar-refractivity contribution is 5.99. The molecule has 0 radical (unpaired) electrons. The van der Waals surface area contributed by atoms with Crippen molar-refractivity contribution in [2.45, 2.75) is 52.4 Å². The van der Waals surface area contributed by atoms with Gasteiger partial charge in [-0.05, 0) is 55.9 Å². The summed E-state index contributed by atoms with van der Waals surface area (Å²) in [6.07, 6.45) is 6.41. The van der Waals surface area contributed by atoms with Crippen LogP contribution in [0.3, 0.4) is 0 Å². The van der Waals surface area contributed by atoms with Crippen LogP contribution in [0.1, 0.15) is 52.4 Å². The number of rotatable bonds is 8. The molecule has 1 heterocycles. The second-order valence-electron chi connectivity index (χ2n) is 8.15. The first-order valence-electron chi connectivity index (χ1n) is 10.5. The van der Waals surface area contributed by atoms with E-state index in [0.717, 1.165) is 44.0 Å². The zero-order valence-electron chi connectivity index (χ0n) is 16.7. The molecule has 1 saturated carbocycles. The summed E-state index contributed by atoms with van der Waals surface area (Å²) in [5.74, 6) is 0.472. The van der Waals surface area contributed by atoms with Crippen LogP contribution in [0.4, 0.5) is 11.4 Å². The predicted octanol–water partition coefficient (Wildman–Crippen LogP) is 3.80. The molecule has 5 nitrogen and oxygen atoms in total. The van der Waals surface area contributed by atoms with Crippen molar-refractivity contribution in [1.29, 1.82) is 0 Å².